The van der Waals surface area contributed by atoms with Crippen molar-refractivity contribution < 1.29 is 27.5 Å². The van der Waals surface area contributed by atoms with Gasteiger partial charge in [-0.05, 0) is 73.2 Å². The topological polar surface area (TPSA) is 165 Å². The first-order chi connectivity index (χ1) is 23.1. The summed E-state index contributed by atoms with van der Waals surface area (Å²) in [6.45, 7) is 2.45. The summed E-state index contributed by atoms with van der Waals surface area (Å²) in [6.07, 6.45) is 5.18. The Labute approximate surface area is 280 Å². The Hall–Kier alpha value is -5.07. The molecular formula is C36H39N5O6S. The van der Waals surface area contributed by atoms with Crippen LogP contribution in [0, 0.1) is 11.3 Å². The van der Waals surface area contributed by atoms with Crippen molar-refractivity contribution in [1.82, 2.24) is 15.2 Å². The van der Waals surface area contributed by atoms with E-state index in [-0.39, 0.29) is 17.3 Å². The molecule has 1 aliphatic carbocycles. The quantitative estimate of drug-likeness (QED) is 0.124. The summed E-state index contributed by atoms with van der Waals surface area (Å²) in [5.41, 5.74) is 2.87. The van der Waals surface area contributed by atoms with Gasteiger partial charge in [0.2, 0.25) is 10.0 Å². The molecule has 1 atom stereocenters. The second-order valence-electron chi connectivity index (χ2n) is 11.8. The largest absolute Gasteiger partial charge is 0.440 e. The van der Waals surface area contributed by atoms with E-state index in [4.69, 9.17) is 20.0 Å². The maximum atomic E-state index is 13.6. The van der Waals surface area contributed by atoms with Crippen LogP contribution in [0.25, 0.3) is 11.1 Å². The van der Waals surface area contributed by atoms with Crippen LogP contribution in [-0.4, -0.2) is 42.9 Å². The maximum Gasteiger partial charge on any atom is 0.415 e. The van der Waals surface area contributed by atoms with Crippen LogP contribution in [0.3, 0.4) is 0 Å². The fourth-order valence-electron chi connectivity index (χ4n) is 5.79. The van der Waals surface area contributed by atoms with E-state index in [2.05, 4.69) is 10.3 Å². The van der Waals surface area contributed by atoms with Crippen LogP contribution in [0.15, 0.2) is 102 Å². The van der Waals surface area contributed by atoms with Crippen molar-refractivity contribution in [2.45, 2.75) is 56.6 Å². The number of primary sulfonamides is 1. The van der Waals surface area contributed by atoms with Crippen LogP contribution in [-0.2, 0) is 21.3 Å². The second-order valence-corrected chi connectivity index (χ2v) is 13.4. The third-order valence-electron chi connectivity index (χ3n) is 8.23. The molecule has 1 aromatic heterocycles. The van der Waals surface area contributed by atoms with Crippen molar-refractivity contribution in [2.75, 3.05) is 6.54 Å². The minimum absolute atomic E-state index is 0.00912. The van der Waals surface area contributed by atoms with Crippen molar-refractivity contribution in [3.05, 3.63) is 114 Å². The summed E-state index contributed by atoms with van der Waals surface area (Å²) in [5, 5.41) is 16.4. The van der Waals surface area contributed by atoms with Crippen molar-refractivity contribution in [1.29, 1.82) is 5.41 Å². The average Bonchev–Trinajstić information content (AvgIpc) is 3.09. The molecule has 11 nitrogen and oxygen atoms in total. The molecular weight excluding hydrogens is 630 g/mol. The molecule has 1 unspecified atom stereocenters. The second kappa shape index (κ2) is 15.7. The number of aromatic nitrogens is 1. The molecule has 0 saturated heterocycles. The predicted molar refractivity (Wildman–Crippen MR) is 182 cm³/mol. The van der Waals surface area contributed by atoms with E-state index in [1.807, 2.05) is 6.07 Å². The van der Waals surface area contributed by atoms with E-state index < -0.39 is 28.3 Å². The van der Waals surface area contributed by atoms with Crippen LogP contribution in [0.2, 0.25) is 0 Å². The highest BCUT2D eigenvalue weighted by Gasteiger charge is 2.24. The number of hydrogen-bond donors (Lipinski definition) is 3. The number of benzene rings is 3. The molecule has 4 aromatic rings. The predicted octanol–water partition coefficient (Wildman–Crippen LogP) is 6.79. The first kappa shape index (κ1) is 34.3. The van der Waals surface area contributed by atoms with Gasteiger partial charge in [0.25, 0.3) is 0 Å². The highest BCUT2D eigenvalue weighted by atomic mass is 32.2. The van der Waals surface area contributed by atoms with E-state index in [1.165, 1.54) is 12.5 Å². The average molecular weight is 670 g/mol. The Bertz CT molecular complexity index is 1840. The molecule has 4 N–H and O–H groups in total. The van der Waals surface area contributed by atoms with E-state index in [0.717, 1.165) is 31.2 Å². The molecule has 2 amide bonds. The van der Waals surface area contributed by atoms with Gasteiger partial charge in [0.15, 0.2) is 0 Å². The molecule has 3 aromatic carbocycles. The van der Waals surface area contributed by atoms with Crippen molar-refractivity contribution in [3.8, 4) is 16.9 Å². The molecule has 0 aliphatic heterocycles. The van der Waals surface area contributed by atoms with Crippen LogP contribution in [0.5, 0.6) is 5.75 Å². The van der Waals surface area contributed by atoms with Gasteiger partial charge in [-0.25, -0.2) is 23.1 Å². The standard InChI is InChI=1S/C36H39N5O6S/c1-25(32-15-7-8-21-39-32)46-35(42)40-34(37)29-13-9-12-27(22-29)24-41(23-26-10-3-2-4-11-26)36(43)47-30-19-17-28(18-20-30)31-14-5-6-16-33(31)48(38,44)45/h5-9,12-22,25-26H,2-4,10-11,23-24H2,1H3,(H2,37,40,42)(H2,38,44,45). The smallest absolute Gasteiger partial charge is 0.415 e. The molecule has 0 radical (unpaired) electrons. The molecule has 250 valence electrons. The minimum Gasteiger partial charge on any atom is -0.440 e. The molecule has 5 rings (SSSR count). The van der Waals surface area contributed by atoms with E-state index in [0.29, 0.717) is 40.6 Å². The molecule has 0 bridgehead atoms. The summed E-state index contributed by atoms with van der Waals surface area (Å²) in [4.78, 5) is 32.0. The lowest BCUT2D eigenvalue weighted by Crippen LogP contribution is -2.37. The number of hydrogen-bond acceptors (Lipinski definition) is 8. The van der Waals surface area contributed by atoms with Gasteiger partial charge in [-0.3, -0.25) is 15.7 Å². The van der Waals surface area contributed by atoms with Crippen LogP contribution < -0.4 is 15.2 Å². The Morgan fingerprint density at radius 3 is 2.42 bits per heavy atom. The molecule has 1 fully saturated rings. The number of nitrogens with one attached hydrogen (secondary N) is 2. The Kier molecular flexibility index (Phi) is 11.2. The maximum absolute atomic E-state index is 13.6. The molecule has 1 heterocycles. The SMILES string of the molecule is CC(OC(=O)NC(=N)c1cccc(CN(CC2CCCCC2)C(=O)Oc2ccc(-c3ccccc3S(N)(=O)=O)cc2)c1)c1ccccn1. The van der Waals surface area contributed by atoms with E-state index >= 15 is 0 Å². The number of sulfonamides is 1. The number of alkyl carbamates (subject to hydrolysis) is 1. The zero-order valence-corrected chi connectivity index (χ0v) is 27.5. The van der Waals surface area contributed by atoms with E-state index in [1.54, 1.807) is 96.9 Å². The molecule has 1 aliphatic rings. The number of carbonyl (C=O) groups is 2. The summed E-state index contributed by atoms with van der Waals surface area (Å²) < 4.78 is 35.4. The lowest BCUT2D eigenvalue weighted by molar-refractivity contribution is 0.110. The van der Waals surface area contributed by atoms with Gasteiger partial charge in [-0.2, -0.15) is 0 Å². The Morgan fingerprint density at radius 2 is 1.71 bits per heavy atom. The molecule has 0 spiro atoms. The Morgan fingerprint density at radius 1 is 0.979 bits per heavy atom. The normalized spacial score (nSPS) is 14.0. The van der Waals surface area contributed by atoms with Crippen molar-refractivity contribution >= 4 is 28.0 Å². The number of amides is 2. The van der Waals surface area contributed by atoms with E-state index in [9.17, 15) is 18.0 Å². The van der Waals surface area contributed by atoms with Crippen molar-refractivity contribution in [2.24, 2.45) is 11.1 Å². The third-order valence-corrected chi connectivity index (χ3v) is 9.20. The lowest BCUT2D eigenvalue weighted by atomic mass is 9.89. The number of pyridine rings is 1. The third kappa shape index (κ3) is 9.26. The highest BCUT2D eigenvalue weighted by molar-refractivity contribution is 7.89. The zero-order valence-electron chi connectivity index (χ0n) is 26.7. The monoisotopic (exact) mass is 669 g/mol. The van der Waals surface area contributed by atoms with Gasteiger partial charge >= 0.3 is 12.2 Å². The number of rotatable bonds is 10. The number of ether oxygens (including phenoxy) is 2. The molecule has 12 heteroatoms. The number of nitrogens with zero attached hydrogens (tertiary/aromatic N) is 2. The number of carbonyl (C=O) groups excluding carboxylic acids is 2. The number of nitrogens with two attached hydrogens (primary N) is 1. The van der Waals surface area contributed by atoms with Crippen LogP contribution >= 0.6 is 0 Å². The van der Waals surface area contributed by atoms with Crippen LogP contribution in [0.4, 0.5) is 9.59 Å². The minimum atomic E-state index is -3.93. The van der Waals surface area contributed by atoms with Gasteiger partial charge in [-0.15, -0.1) is 0 Å². The number of amidine groups is 1. The fourth-order valence-corrected chi connectivity index (χ4v) is 6.55. The highest BCUT2D eigenvalue weighted by Crippen LogP contribution is 2.29. The van der Waals surface area contributed by atoms with Crippen molar-refractivity contribution in [3.63, 3.8) is 0 Å². The van der Waals surface area contributed by atoms with Gasteiger partial charge in [0.05, 0.1) is 10.6 Å². The van der Waals surface area contributed by atoms with Gasteiger partial charge < -0.3 is 14.4 Å². The summed E-state index contributed by atoms with van der Waals surface area (Å²) in [7, 11) is -3.93. The van der Waals surface area contributed by atoms with Gasteiger partial charge in [-0.1, -0.05) is 73.9 Å². The summed E-state index contributed by atoms with van der Waals surface area (Å²) in [6, 6.07) is 25.5. The summed E-state index contributed by atoms with van der Waals surface area (Å²) >= 11 is 0. The van der Waals surface area contributed by atoms with Gasteiger partial charge in [0.1, 0.15) is 17.7 Å². The first-order valence-electron chi connectivity index (χ1n) is 15.8. The fraction of sp³-hybridized carbons (Fsp3) is 0.278. The lowest BCUT2D eigenvalue weighted by Gasteiger charge is -2.29. The van der Waals surface area contributed by atoms with Gasteiger partial charge in [0, 0.05) is 30.4 Å². The summed E-state index contributed by atoms with van der Waals surface area (Å²) in [5.74, 6) is 0.506. The zero-order chi connectivity index (χ0) is 34.1. The molecule has 1 saturated carbocycles. The first-order valence-corrected chi connectivity index (χ1v) is 17.4. The molecule has 48 heavy (non-hydrogen) atoms. The Balaban J connectivity index is 1.27. The van der Waals surface area contributed by atoms with Crippen LogP contribution in [0.1, 0.15) is 62.0 Å².